The topological polar surface area (TPSA) is 82.2 Å². The zero-order valence-corrected chi connectivity index (χ0v) is 13.2. The van der Waals surface area contributed by atoms with Gasteiger partial charge < -0.3 is 15.4 Å². The third kappa shape index (κ3) is 3.68. The fourth-order valence-electron chi connectivity index (χ4n) is 1.97. The normalized spacial score (nSPS) is 12.0. The van der Waals surface area contributed by atoms with Crippen LogP contribution in [0.1, 0.15) is 27.7 Å². The molecule has 0 radical (unpaired) electrons. The van der Waals surface area contributed by atoms with Crippen molar-refractivity contribution in [2.24, 2.45) is 0 Å². The molecule has 2 aromatic rings. The number of benzene rings is 1. The number of hydrogen-bond donors (Lipinski definition) is 3. The first-order chi connectivity index (χ1) is 10.4. The largest absolute Gasteiger partial charge is 0.386 e. The predicted molar refractivity (Wildman–Crippen MR) is 85.6 cm³/mol. The summed E-state index contributed by atoms with van der Waals surface area (Å²) >= 11 is 12.0. The molecule has 0 unspecified atom stereocenters. The molecular weight excluding hydrogens is 327 g/mol. The maximum absolute atomic E-state index is 12.0. The zero-order valence-electron chi connectivity index (χ0n) is 11.7. The number of aliphatic hydroxyl groups excluding tert-OH is 1. The van der Waals surface area contributed by atoms with E-state index in [2.05, 4.69) is 10.3 Å². The Morgan fingerprint density at radius 3 is 2.50 bits per heavy atom. The Hall–Kier alpha value is -1.82. The molecule has 22 heavy (non-hydrogen) atoms. The molecule has 1 heterocycles. The molecule has 7 heteroatoms. The fraction of sp³-hybridized carbons (Fsp3) is 0.200. The summed E-state index contributed by atoms with van der Waals surface area (Å²) in [6.07, 6.45) is -1.07. The molecule has 116 valence electrons. The Bertz CT molecular complexity index is 738. The first-order valence-corrected chi connectivity index (χ1v) is 7.26. The maximum Gasteiger partial charge on any atom is 0.260 e. The number of aromatic nitrogens is 1. The number of aromatic amines is 1. The van der Waals surface area contributed by atoms with Crippen LogP contribution in [0.5, 0.6) is 0 Å². The average molecular weight is 341 g/mol. The minimum absolute atomic E-state index is 0.0249. The van der Waals surface area contributed by atoms with Crippen LogP contribution >= 0.6 is 23.2 Å². The molecule has 0 aliphatic rings. The summed E-state index contributed by atoms with van der Waals surface area (Å²) in [5.41, 5.74) is 0.485. The summed E-state index contributed by atoms with van der Waals surface area (Å²) in [5.74, 6) is -0.580. The smallest absolute Gasteiger partial charge is 0.260 e. The van der Waals surface area contributed by atoms with Gasteiger partial charge in [0.15, 0.2) is 0 Å². The first kappa shape index (κ1) is 16.5. The molecule has 0 fully saturated rings. The number of amides is 1. The van der Waals surface area contributed by atoms with Crippen molar-refractivity contribution in [2.75, 3.05) is 6.54 Å². The van der Waals surface area contributed by atoms with Crippen LogP contribution in [0, 0.1) is 6.92 Å². The van der Waals surface area contributed by atoms with Crippen LogP contribution in [0.3, 0.4) is 0 Å². The van der Waals surface area contributed by atoms with Crippen LogP contribution in [0.4, 0.5) is 0 Å². The number of hydrogen-bond acceptors (Lipinski definition) is 3. The number of aryl methyl sites for hydroxylation is 1. The lowest BCUT2D eigenvalue weighted by Gasteiger charge is -2.15. The van der Waals surface area contributed by atoms with Crippen molar-refractivity contribution in [3.05, 3.63) is 67.6 Å². The second-order valence-corrected chi connectivity index (χ2v) is 5.56. The second kappa shape index (κ2) is 6.96. The molecule has 5 nitrogen and oxygen atoms in total. The van der Waals surface area contributed by atoms with Gasteiger partial charge in [0.1, 0.15) is 5.56 Å². The molecule has 0 saturated heterocycles. The number of rotatable bonds is 4. The summed E-state index contributed by atoms with van der Waals surface area (Å²) < 4.78 is 0. The fourth-order valence-corrected chi connectivity index (χ4v) is 2.62. The van der Waals surface area contributed by atoms with E-state index in [0.717, 1.165) is 0 Å². The van der Waals surface area contributed by atoms with Gasteiger partial charge in [-0.05, 0) is 31.2 Å². The highest BCUT2D eigenvalue weighted by Gasteiger charge is 2.17. The summed E-state index contributed by atoms with van der Waals surface area (Å²) in [6, 6.07) is 7.90. The van der Waals surface area contributed by atoms with Crippen molar-refractivity contribution in [1.82, 2.24) is 10.3 Å². The zero-order chi connectivity index (χ0) is 16.3. The molecule has 1 aromatic heterocycles. The SMILES string of the molecule is Cc1ccc(C(=O)NC[C@@H](O)c2c(Cl)cccc2Cl)c(=O)[nH]1. The minimum atomic E-state index is -1.07. The highest BCUT2D eigenvalue weighted by atomic mass is 35.5. The quantitative estimate of drug-likeness (QED) is 0.799. The van der Waals surface area contributed by atoms with Crippen LogP contribution in [-0.4, -0.2) is 22.5 Å². The molecule has 0 spiro atoms. The minimum Gasteiger partial charge on any atom is -0.386 e. The Balaban J connectivity index is 2.09. The molecule has 1 atom stereocenters. The Kier molecular flexibility index (Phi) is 5.24. The van der Waals surface area contributed by atoms with Crippen LogP contribution in [0.2, 0.25) is 10.0 Å². The van der Waals surface area contributed by atoms with E-state index in [4.69, 9.17) is 23.2 Å². The van der Waals surface area contributed by atoms with E-state index in [0.29, 0.717) is 21.3 Å². The molecule has 2 rings (SSSR count). The van der Waals surface area contributed by atoms with Crippen LogP contribution in [0.25, 0.3) is 0 Å². The summed E-state index contributed by atoms with van der Waals surface area (Å²) in [5, 5.41) is 13.2. The summed E-state index contributed by atoms with van der Waals surface area (Å²) in [6.45, 7) is 1.60. The van der Waals surface area contributed by atoms with Gasteiger partial charge in [-0.1, -0.05) is 29.3 Å². The van der Waals surface area contributed by atoms with Crippen molar-refractivity contribution >= 4 is 29.1 Å². The van der Waals surface area contributed by atoms with E-state index in [-0.39, 0.29) is 12.1 Å². The molecule has 0 aliphatic heterocycles. The molecular formula is C15H14Cl2N2O3. The standard InChI is InChI=1S/C15H14Cl2N2O3/c1-8-5-6-9(15(22)19-8)14(21)18-7-12(20)13-10(16)3-2-4-11(13)17/h2-6,12,20H,7H2,1H3,(H,18,21)(H,19,22)/t12-/m1/s1. The van der Waals surface area contributed by atoms with E-state index >= 15 is 0 Å². The number of aliphatic hydroxyl groups is 1. The van der Waals surface area contributed by atoms with E-state index in [1.807, 2.05) is 0 Å². The molecule has 3 N–H and O–H groups in total. The molecule has 1 aromatic carbocycles. The number of halogens is 2. The van der Waals surface area contributed by atoms with Gasteiger partial charge >= 0.3 is 0 Å². The van der Waals surface area contributed by atoms with Crippen LogP contribution < -0.4 is 10.9 Å². The van der Waals surface area contributed by atoms with Crippen LogP contribution in [0.15, 0.2) is 35.1 Å². The highest BCUT2D eigenvalue weighted by molar-refractivity contribution is 6.36. The Morgan fingerprint density at radius 1 is 1.27 bits per heavy atom. The average Bonchev–Trinajstić information content (AvgIpc) is 2.44. The monoisotopic (exact) mass is 340 g/mol. The molecule has 0 bridgehead atoms. The van der Waals surface area contributed by atoms with E-state index < -0.39 is 17.6 Å². The summed E-state index contributed by atoms with van der Waals surface area (Å²) in [7, 11) is 0. The van der Waals surface area contributed by atoms with E-state index in [1.165, 1.54) is 6.07 Å². The number of nitrogens with one attached hydrogen (secondary N) is 2. The molecule has 0 aliphatic carbocycles. The van der Waals surface area contributed by atoms with E-state index in [9.17, 15) is 14.7 Å². The summed E-state index contributed by atoms with van der Waals surface area (Å²) in [4.78, 5) is 26.2. The lowest BCUT2D eigenvalue weighted by Crippen LogP contribution is -2.32. The number of pyridine rings is 1. The molecule has 0 saturated carbocycles. The third-order valence-corrected chi connectivity index (χ3v) is 3.75. The van der Waals surface area contributed by atoms with Gasteiger partial charge in [-0.3, -0.25) is 9.59 Å². The Labute approximate surface area is 136 Å². The van der Waals surface area contributed by atoms with E-state index in [1.54, 1.807) is 31.2 Å². The van der Waals surface area contributed by atoms with Gasteiger partial charge in [-0.15, -0.1) is 0 Å². The third-order valence-electron chi connectivity index (χ3n) is 3.09. The second-order valence-electron chi connectivity index (χ2n) is 4.75. The lowest BCUT2D eigenvalue weighted by atomic mass is 10.1. The van der Waals surface area contributed by atoms with Crippen molar-refractivity contribution in [3.63, 3.8) is 0 Å². The van der Waals surface area contributed by atoms with Gasteiger partial charge in [0.2, 0.25) is 0 Å². The lowest BCUT2D eigenvalue weighted by molar-refractivity contribution is 0.0915. The van der Waals surface area contributed by atoms with Gasteiger partial charge in [0.25, 0.3) is 11.5 Å². The first-order valence-electron chi connectivity index (χ1n) is 6.50. The van der Waals surface area contributed by atoms with Gasteiger partial charge in [0.05, 0.1) is 6.10 Å². The number of carbonyl (C=O) groups excluding carboxylic acids is 1. The van der Waals surface area contributed by atoms with Crippen LogP contribution in [-0.2, 0) is 0 Å². The van der Waals surface area contributed by atoms with Crippen molar-refractivity contribution in [2.45, 2.75) is 13.0 Å². The van der Waals surface area contributed by atoms with Gasteiger partial charge in [0, 0.05) is 27.8 Å². The molecule has 1 amide bonds. The van der Waals surface area contributed by atoms with Gasteiger partial charge in [-0.2, -0.15) is 0 Å². The predicted octanol–water partition coefficient (Wildman–Crippen LogP) is 2.45. The Morgan fingerprint density at radius 2 is 1.91 bits per heavy atom. The maximum atomic E-state index is 12.0. The highest BCUT2D eigenvalue weighted by Crippen LogP contribution is 2.29. The van der Waals surface area contributed by atoms with Gasteiger partial charge in [-0.25, -0.2) is 0 Å². The van der Waals surface area contributed by atoms with Crippen molar-refractivity contribution in [1.29, 1.82) is 0 Å². The number of carbonyl (C=O) groups is 1. The van der Waals surface area contributed by atoms with Crippen molar-refractivity contribution < 1.29 is 9.90 Å². The number of H-pyrrole nitrogens is 1. The van der Waals surface area contributed by atoms with Crippen molar-refractivity contribution in [3.8, 4) is 0 Å².